The van der Waals surface area contributed by atoms with Gasteiger partial charge in [-0.3, -0.25) is 4.79 Å². The van der Waals surface area contributed by atoms with E-state index in [1.165, 1.54) is 0 Å². The second kappa shape index (κ2) is 7.45. The van der Waals surface area contributed by atoms with Crippen LogP contribution in [-0.2, 0) is 19.4 Å². The smallest absolute Gasteiger partial charge is 0.325 e. The van der Waals surface area contributed by atoms with Crippen molar-refractivity contribution < 1.29 is 17.9 Å². The Morgan fingerprint density at radius 3 is 2.38 bits per heavy atom. The molecule has 0 saturated carbocycles. The molecule has 21 heavy (non-hydrogen) atoms. The van der Waals surface area contributed by atoms with Crippen molar-refractivity contribution in [2.24, 2.45) is 0 Å². The Balaban J connectivity index is 3.24. The van der Waals surface area contributed by atoms with Gasteiger partial charge in [-0.2, -0.15) is 0 Å². The van der Waals surface area contributed by atoms with Crippen LogP contribution in [0.25, 0.3) is 0 Å². The van der Waals surface area contributed by atoms with Gasteiger partial charge in [0.2, 0.25) is 0 Å². The third-order valence-corrected chi connectivity index (χ3v) is 4.89. The van der Waals surface area contributed by atoms with Crippen LogP contribution in [0.4, 0.5) is 5.69 Å². The number of sulfone groups is 1. The molecule has 1 rings (SSSR count). The molecule has 0 aliphatic rings. The highest BCUT2D eigenvalue weighted by Crippen LogP contribution is 2.27. The quantitative estimate of drug-likeness (QED) is 0.723. The molecule has 0 atom stereocenters. The Morgan fingerprint density at radius 1 is 1.24 bits per heavy atom. The van der Waals surface area contributed by atoms with Crippen molar-refractivity contribution in [3.63, 3.8) is 0 Å². The Labute approximate surface area is 126 Å². The first kappa shape index (κ1) is 17.5. The lowest BCUT2D eigenvalue weighted by Crippen LogP contribution is -2.37. The van der Waals surface area contributed by atoms with E-state index in [4.69, 9.17) is 4.74 Å². The molecule has 0 radical (unpaired) electrons. The van der Waals surface area contributed by atoms with Crippen molar-refractivity contribution in [1.82, 2.24) is 0 Å². The van der Waals surface area contributed by atoms with Gasteiger partial charge >= 0.3 is 5.97 Å². The molecule has 0 bridgehead atoms. The van der Waals surface area contributed by atoms with Crippen molar-refractivity contribution in [3.8, 4) is 0 Å². The number of para-hydroxylation sites is 1. The molecule has 0 aliphatic carbocycles. The molecule has 0 heterocycles. The molecule has 0 amide bonds. The average Bonchev–Trinajstić information content (AvgIpc) is 2.45. The Bertz CT molecular complexity index is 581. The fourth-order valence-corrected chi connectivity index (χ4v) is 3.11. The lowest BCUT2D eigenvalue weighted by Gasteiger charge is -2.29. The normalized spacial score (nSPS) is 11.5. The van der Waals surface area contributed by atoms with E-state index >= 15 is 0 Å². The summed E-state index contributed by atoms with van der Waals surface area (Å²) in [6.45, 7) is 7.51. The summed E-state index contributed by atoms with van der Waals surface area (Å²) in [7, 11) is -3.35. The predicted molar refractivity (Wildman–Crippen MR) is 83.3 cm³/mol. The number of nitrogens with zero attached hydrogens (tertiary/aromatic N) is 1. The second-order valence-electron chi connectivity index (χ2n) is 4.90. The second-order valence-corrected chi connectivity index (χ2v) is 7.14. The van der Waals surface area contributed by atoms with Crippen LogP contribution in [0.5, 0.6) is 0 Å². The third kappa shape index (κ3) is 4.46. The lowest BCUT2D eigenvalue weighted by atomic mass is 10.2. The van der Waals surface area contributed by atoms with Crippen LogP contribution in [0.15, 0.2) is 29.2 Å². The minimum Gasteiger partial charge on any atom is -0.465 e. The summed E-state index contributed by atoms with van der Waals surface area (Å²) in [5.74, 6) is -0.343. The zero-order valence-corrected chi connectivity index (χ0v) is 13.8. The van der Waals surface area contributed by atoms with E-state index in [1.807, 2.05) is 13.8 Å². The number of carbonyl (C=O) groups is 1. The van der Waals surface area contributed by atoms with Gasteiger partial charge in [-0.25, -0.2) is 8.42 Å². The van der Waals surface area contributed by atoms with Crippen LogP contribution in [0, 0.1) is 0 Å². The topological polar surface area (TPSA) is 63.7 Å². The molecule has 0 N–H and O–H groups in total. The average molecular weight is 313 g/mol. The first-order valence-corrected chi connectivity index (χ1v) is 8.72. The Hall–Kier alpha value is -1.56. The van der Waals surface area contributed by atoms with E-state index in [-0.39, 0.29) is 29.2 Å². The van der Waals surface area contributed by atoms with E-state index in [0.717, 1.165) is 0 Å². The van der Waals surface area contributed by atoms with E-state index in [2.05, 4.69) is 0 Å². The van der Waals surface area contributed by atoms with Crippen molar-refractivity contribution in [1.29, 1.82) is 0 Å². The number of rotatable bonds is 7. The summed E-state index contributed by atoms with van der Waals surface area (Å²) >= 11 is 0. The molecule has 0 spiro atoms. The zero-order valence-electron chi connectivity index (χ0n) is 13.0. The maximum absolute atomic E-state index is 12.2. The third-order valence-electron chi connectivity index (χ3n) is 3.12. The maximum Gasteiger partial charge on any atom is 0.325 e. The molecule has 118 valence electrons. The fourth-order valence-electron chi connectivity index (χ4n) is 2.00. The summed E-state index contributed by atoms with van der Waals surface area (Å²) in [6, 6.07) is 6.73. The van der Waals surface area contributed by atoms with Gasteiger partial charge in [0.15, 0.2) is 9.84 Å². The van der Waals surface area contributed by atoms with Gasteiger partial charge in [-0.05, 0) is 32.9 Å². The molecule has 0 unspecified atom stereocenters. The van der Waals surface area contributed by atoms with Crippen LogP contribution < -0.4 is 4.90 Å². The van der Waals surface area contributed by atoms with E-state index in [0.29, 0.717) is 12.3 Å². The summed E-state index contributed by atoms with van der Waals surface area (Å²) < 4.78 is 29.4. The molecule has 0 aliphatic heterocycles. The maximum atomic E-state index is 12.2. The highest BCUT2D eigenvalue weighted by atomic mass is 32.2. The largest absolute Gasteiger partial charge is 0.465 e. The lowest BCUT2D eigenvalue weighted by molar-refractivity contribution is -0.141. The van der Waals surface area contributed by atoms with E-state index < -0.39 is 9.84 Å². The molecule has 0 saturated heterocycles. The van der Waals surface area contributed by atoms with E-state index in [1.54, 1.807) is 43.0 Å². The summed E-state index contributed by atoms with van der Waals surface area (Å²) in [5, 5.41) is 0. The minimum absolute atomic E-state index is 0.0232. The van der Waals surface area contributed by atoms with Gasteiger partial charge in [0.1, 0.15) is 6.54 Å². The number of anilines is 1. The van der Waals surface area contributed by atoms with Crippen LogP contribution in [0.1, 0.15) is 27.7 Å². The van der Waals surface area contributed by atoms with Crippen LogP contribution in [0.2, 0.25) is 0 Å². The van der Waals surface area contributed by atoms with Crippen molar-refractivity contribution >= 4 is 21.5 Å². The van der Waals surface area contributed by atoms with Crippen molar-refractivity contribution in [3.05, 3.63) is 24.3 Å². The first-order valence-electron chi connectivity index (χ1n) is 7.07. The van der Waals surface area contributed by atoms with Gasteiger partial charge < -0.3 is 9.64 Å². The minimum atomic E-state index is -3.35. The van der Waals surface area contributed by atoms with Crippen LogP contribution in [0.3, 0.4) is 0 Å². The fraction of sp³-hybridized carbons (Fsp3) is 0.533. The molecule has 6 heteroatoms. The highest BCUT2D eigenvalue weighted by molar-refractivity contribution is 7.91. The molecule has 0 aromatic heterocycles. The standard InChI is InChI=1S/C15H23NO4S/c1-5-20-15(17)11-16(12(3)4)13-9-7-8-10-14(13)21(18,19)6-2/h7-10,12H,5-6,11H2,1-4H3. The van der Waals surface area contributed by atoms with Gasteiger partial charge in [0, 0.05) is 6.04 Å². The molecular formula is C15H23NO4S. The number of esters is 1. The Morgan fingerprint density at radius 2 is 1.86 bits per heavy atom. The first-order chi connectivity index (χ1) is 9.83. The molecular weight excluding hydrogens is 290 g/mol. The summed E-state index contributed by atoms with van der Waals surface area (Å²) in [4.78, 5) is 13.8. The van der Waals surface area contributed by atoms with Gasteiger partial charge in [-0.1, -0.05) is 19.1 Å². The van der Waals surface area contributed by atoms with Gasteiger partial charge in [-0.15, -0.1) is 0 Å². The van der Waals surface area contributed by atoms with Crippen molar-refractivity contribution in [2.45, 2.75) is 38.6 Å². The van der Waals surface area contributed by atoms with Crippen molar-refractivity contribution in [2.75, 3.05) is 23.8 Å². The molecule has 1 aromatic rings. The highest BCUT2D eigenvalue weighted by Gasteiger charge is 2.23. The zero-order chi connectivity index (χ0) is 16.0. The number of hydrogen-bond acceptors (Lipinski definition) is 5. The molecule has 5 nitrogen and oxygen atoms in total. The van der Waals surface area contributed by atoms with E-state index in [9.17, 15) is 13.2 Å². The van der Waals surface area contributed by atoms with Gasteiger partial charge in [0.05, 0.1) is 22.9 Å². The van der Waals surface area contributed by atoms with Gasteiger partial charge in [0.25, 0.3) is 0 Å². The summed E-state index contributed by atoms with van der Waals surface area (Å²) in [6.07, 6.45) is 0. The van der Waals surface area contributed by atoms with Crippen LogP contribution >= 0.6 is 0 Å². The van der Waals surface area contributed by atoms with Crippen LogP contribution in [-0.4, -0.2) is 39.3 Å². The monoisotopic (exact) mass is 313 g/mol. The molecule has 1 aromatic carbocycles. The number of ether oxygens (including phenoxy) is 1. The number of carbonyl (C=O) groups excluding carboxylic acids is 1. The summed E-state index contributed by atoms with van der Waals surface area (Å²) in [5.41, 5.74) is 0.544. The number of hydrogen-bond donors (Lipinski definition) is 0. The predicted octanol–water partition coefficient (Wildman–Crippen LogP) is 2.26. The number of benzene rings is 1. The SMILES string of the molecule is CCOC(=O)CN(c1ccccc1S(=O)(=O)CC)C(C)C. The molecule has 0 fully saturated rings. The Kier molecular flexibility index (Phi) is 6.20.